The van der Waals surface area contributed by atoms with Gasteiger partial charge in [0, 0.05) is 36.2 Å². The highest BCUT2D eigenvalue weighted by molar-refractivity contribution is 9.10. The molecule has 0 spiro atoms. The molecule has 0 aromatic heterocycles. The predicted molar refractivity (Wildman–Crippen MR) is 131 cm³/mol. The van der Waals surface area contributed by atoms with Gasteiger partial charge in [0.1, 0.15) is 17.9 Å². The summed E-state index contributed by atoms with van der Waals surface area (Å²) in [5.74, 6) is 0.846. The standard InChI is InChI=1S/C25H22BrN5O/c1-32-24-5-3-2-4-22(24)30-10-12-31(13-11-30)23-14-19(17-6-8-18(26)9-7-17)20(15-27)25(29)21(23)16-28/h2-9,14H,10-13,29H2,1H3. The molecule has 3 aromatic carbocycles. The topological polar surface area (TPSA) is 89.3 Å². The lowest BCUT2D eigenvalue weighted by atomic mass is 9.94. The quantitative estimate of drug-likeness (QED) is 0.532. The smallest absolute Gasteiger partial charge is 0.142 e. The number of ether oxygens (including phenoxy) is 1. The molecule has 2 N–H and O–H groups in total. The second kappa shape index (κ2) is 9.21. The van der Waals surface area contributed by atoms with E-state index in [0.29, 0.717) is 11.1 Å². The Morgan fingerprint density at radius 1 is 0.875 bits per heavy atom. The molecule has 0 radical (unpaired) electrons. The molecule has 4 rings (SSSR count). The molecule has 1 aliphatic rings. The summed E-state index contributed by atoms with van der Waals surface area (Å²) in [4.78, 5) is 4.45. The molecule has 6 nitrogen and oxygen atoms in total. The van der Waals surface area contributed by atoms with Crippen LogP contribution in [0.3, 0.4) is 0 Å². The summed E-state index contributed by atoms with van der Waals surface area (Å²) in [6, 6.07) is 22.1. The molecule has 0 aliphatic carbocycles. The number of methoxy groups -OCH3 is 1. The molecule has 1 aliphatic heterocycles. The van der Waals surface area contributed by atoms with Crippen molar-refractivity contribution in [2.45, 2.75) is 0 Å². The van der Waals surface area contributed by atoms with E-state index in [0.717, 1.165) is 58.9 Å². The van der Waals surface area contributed by atoms with Crippen LogP contribution in [-0.2, 0) is 0 Å². The minimum atomic E-state index is 0.234. The number of hydrogen-bond acceptors (Lipinski definition) is 6. The lowest BCUT2D eigenvalue weighted by Gasteiger charge is -2.38. The Morgan fingerprint density at radius 2 is 1.47 bits per heavy atom. The minimum absolute atomic E-state index is 0.234. The molecule has 32 heavy (non-hydrogen) atoms. The number of nitrogens with two attached hydrogens (primary N) is 1. The zero-order chi connectivity index (χ0) is 22.7. The maximum Gasteiger partial charge on any atom is 0.142 e. The third kappa shape index (κ3) is 3.95. The summed E-state index contributed by atoms with van der Waals surface area (Å²) >= 11 is 3.45. The molecule has 0 atom stereocenters. The Kier molecular flexibility index (Phi) is 6.20. The lowest BCUT2D eigenvalue weighted by Crippen LogP contribution is -2.47. The Labute approximate surface area is 196 Å². The first-order chi connectivity index (χ1) is 15.6. The fourth-order valence-corrected chi connectivity index (χ4v) is 4.38. The molecule has 0 bridgehead atoms. The van der Waals surface area contributed by atoms with Gasteiger partial charge in [0.2, 0.25) is 0 Å². The molecule has 3 aromatic rings. The van der Waals surface area contributed by atoms with Crippen LogP contribution in [0.25, 0.3) is 11.1 Å². The van der Waals surface area contributed by atoms with Crippen LogP contribution in [0.15, 0.2) is 59.1 Å². The van der Waals surface area contributed by atoms with Gasteiger partial charge in [-0.15, -0.1) is 0 Å². The average molecular weight is 488 g/mol. The van der Waals surface area contributed by atoms with Gasteiger partial charge in [-0.3, -0.25) is 0 Å². The lowest BCUT2D eigenvalue weighted by molar-refractivity contribution is 0.413. The maximum absolute atomic E-state index is 9.85. The molecule has 0 amide bonds. The van der Waals surface area contributed by atoms with E-state index in [1.807, 2.05) is 48.5 Å². The van der Waals surface area contributed by atoms with E-state index >= 15 is 0 Å². The van der Waals surface area contributed by atoms with Crippen LogP contribution in [0.2, 0.25) is 0 Å². The van der Waals surface area contributed by atoms with Gasteiger partial charge in [0.05, 0.1) is 35.3 Å². The van der Waals surface area contributed by atoms with Crippen LogP contribution in [0, 0.1) is 22.7 Å². The molecule has 1 saturated heterocycles. The first-order valence-electron chi connectivity index (χ1n) is 10.2. The third-order valence-corrected chi connectivity index (χ3v) is 6.30. The number of nitriles is 2. The van der Waals surface area contributed by atoms with E-state index < -0.39 is 0 Å². The minimum Gasteiger partial charge on any atom is -0.495 e. The Bertz CT molecular complexity index is 1220. The highest BCUT2D eigenvalue weighted by Gasteiger charge is 2.25. The second-order valence-electron chi connectivity index (χ2n) is 7.48. The fraction of sp³-hybridized carbons (Fsp3) is 0.200. The number of nitrogen functional groups attached to an aromatic ring is 1. The van der Waals surface area contributed by atoms with E-state index in [2.05, 4.69) is 43.9 Å². The number of nitrogens with zero attached hydrogens (tertiary/aromatic N) is 4. The van der Waals surface area contributed by atoms with Crippen molar-refractivity contribution >= 4 is 33.0 Å². The SMILES string of the molecule is COc1ccccc1N1CCN(c2cc(-c3ccc(Br)cc3)c(C#N)c(N)c2C#N)CC1. The highest BCUT2D eigenvalue weighted by Crippen LogP contribution is 2.38. The van der Waals surface area contributed by atoms with Gasteiger partial charge in [-0.1, -0.05) is 40.2 Å². The molecule has 1 fully saturated rings. The van der Waals surface area contributed by atoms with Gasteiger partial charge < -0.3 is 20.3 Å². The van der Waals surface area contributed by atoms with E-state index in [-0.39, 0.29) is 5.69 Å². The van der Waals surface area contributed by atoms with Crippen LogP contribution in [-0.4, -0.2) is 33.3 Å². The van der Waals surface area contributed by atoms with E-state index in [9.17, 15) is 10.5 Å². The molecular weight excluding hydrogens is 466 g/mol. The Balaban J connectivity index is 1.69. The number of anilines is 3. The van der Waals surface area contributed by atoms with Crippen molar-refractivity contribution in [2.75, 3.05) is 48.8 Å². The molecular formula is C25H22BrN5O. The van der Waals surface area contributed by atoms with Crippen molar-refractivity contribution in [2.24, 2.45) is 0 Å². The number of benzene rings is 3. The van der Waals surface area contributed by atoms with Crippen LogP contribution in [0.5, 0.6) is 5.75 Å². The molecule has 0 saturated carbocycles. The zero-order valence-electron chi connectivity index (χ0n) is 17.7. The van der Waals surface area contributed by atoms with Crippen molar-refractivity contribution in [1.82, 2.24) is 0 Å². The maximum atomic E-state index is 9.85. The molecule has 7 heteroatoms. The van der Waals surface area contributed by atoms with Gasteiger partial charge in [0.25, 0.3) is 0 Å². The van der Waals surface area contributed by atoms with Gasteiger partial charge in [-0.05, 0) is 35.9 Å². The first kappa shape index (κ1) is 21.5. The number of rotatable bonds is 4. The summed E-state index contributed by atoms with van der Waals surface area (Å²) < 4.78 is 6.46. The number of halogens is 1. The summed E-state index contributed by atoms with van der Waals surface area (Å²) in [5.41, 5.74) is 10.7. The van der Waals surface area contributed by atoms with Crippen molar-refractivity contribution < 1.29 is 4.74 Å². The van der Waals surface area contributed by atoms with E-state index in [4.69, 9.17) is 10.5 Å². The fourth-order valence-electron chi connectivity index (χ4n) is 4.11. The van der Waals surface area contributed by atoms with Crippen LogP contribution >= 0.6 is 15.9 Å². The van der Waals surface area contributed by atoms with Crippen molar-refractivity contribution in [1.29, 1.82) is 10.5 Å². The Morgan fingerprint density at radius 3 is 2.06 bits per heavy atom. The monoisotopic (exact) mass is 487 g/mol. The van der Waals surface area contributed by atoms with E-state index in [1.54, 1.807) is 7.11 Å². The van der Waals surface area contributed by atoms with Gasteiger partial charge >= 0.3 is 0 Å². The van der Waals surface area contributed by atoms with Gasteiger partial charge in [0.15, 0.2) is 0 Å². The molecule has 1 heterocycles. The van der Waals surface area contributed by atoms with Crippen molar-refractivity contribution in [3.8, 4) is 29.0 Å². The second-order valence-corrected chi connectivity index (χ2v) is 8.40. The van der Waals surface area contributed by atoms with Crippen LogP contribution in [0.4, 0.5) is 17.1 Å². The summed E-state index contributed by atoms with van der Waals surface area (Å²) in [6.07, 6.45) is 0. The Hall–Kier alpha value is -3.68. The normalized spacial score (nSPS) is 13.4. The van der Waals surface area contributed by atoms with Crippen LogP contribution < -0.4 is 20.3 Å². The van der Waals surface area contributed by atoms with Gasteiger partial charge in [-0.2, -0.15) is 10.5 Å². The predicted octanol–water partition coefficient (Wildman–Crippen LogP) is 4.78. The molecule has 0 unspecified atom stereocenters. The van der Waals surface area contributed by atoms with Crippen LogP contribution in [0.1, 0.15) is 11.1 Å². The zero-order valence-corrected chi connectivity index (χ0v) is 19.3. The number of piperazine rings is 1. The average Bonchev–Trinajstić information content (AvgIpc) is 2.84. The molecule has 160 valence electrons. The highest BCUT2D eigenvalue weighted by atomic mass is 79.9. The number of hydrogen-bond donors (Lipinski definition) is 1. The van der Waals surface area contributed by atoms with E-state index in [1.165, 1.54) is 0 Å². The first-order valence-corrected chi connectivity index (χ1v) is 11.0. The number of para-hydroxylation sites is 2. The third-order valence-electron chi connectivity index (χ3n) is 5.77. The summed E-state index contributed by atoms with van der Waals surface area (Å²) in [7, 11) is 1.68. The van der Waals surface area contributed by atoms with Gasteiger partial charge in [-0.25, -0.2) is 0 Å². The largest absolute Gasteiger partial charge is 0.495 e. The summed E-state index contributed by atoms with van der Waals surface area (Å²) in [6.45, 7) is 2.99. The van der Waals surface area contributed by atoms with Crippen molar-refractivity contribution in [3.63, 3.8) is 0 Å². The van der Waals surface area contributed by atoms with Crippen molar-refractivity contribution in [3.05, 3.63) is 70.2 Å². The summed E-state index contributed by atoms with van der Waals surface area (Å²) in [5, 5.41) is 19.6.